The molecule has 0 bridgehead atoms. The summed E-state index contributed by atoms with van der Waals surface area (Å²) in [5.41, 5.74) is 2.80. The number of aromatic amines is 1. The molecule has 1 aliphatic heterocycles. The first-order valence-corrected chi connectivity index (χ1v) is 9.69. The zero-order valence-corrected chi connectivity index (χ0v) is 15.1. The van der Waals surface area contributed by atoms with Gasteiger partial charge in [-0.15, -0.1) is 0 Å². The Balaban J connectivity index is 1.43. The number of para-hydroxylation sites is 2. The Bertz CT molecular complexity index is 872. The maximum absolute atomic E-state index is 12.1. The van der Waals surface area contributed by atoms with Crippen LogP contribution in [0.3, 0.4) is 0 Å². The molecule has 0 radical (unpaired) electrons. The molecule has 2 N–H and O–H groups in total. The Morgan fingerprint density at radius 3 is 3.08 bits per heavy atom. The maximum Gasteiger partial charge on any atom is 0.230 e. The van der Waals surface area contributed by atoms with Crippen LogP contribution in [0.15, 0.2) is 47.6 Å². The van der Waals surface area contributed by atoms with Gasteiger partial charge >= 0.3 is 0 Å². The summed E-state index contributed by atoms with van der Waals surface area (Å²) in [6.45, 7) is 1.38. The molecule has 3 aromatic rings. The Labute approximate surface area is 155 Å². The van der Waals surface area contributed by atoms with Crippen LogP contribution < -0.4 is 5.32 Å². The van der Waals surface area contributed by atoms with Gasteiger partial charge in [0, 0.05) is 24.9 Å². The molecule has 134 valence electrons. The molecule has 1 fully saturated rings. The molecule has 6 nitrogen and oxygen atoms in total. The number of H-pyrrole nitrogens is 1. The van der Waals surface area contributed by atoms with Crippen molar-refractivity contribution in [2.75, 3.05) is 18.9 Å². The van der Waals surface area contributed by atoms with Gasteiger partial charge in [0.2, 0.25) is 5.91 Å². The minimum atomic E-state index is -0.00768. The van der Waals surface area contributed by atoms with Crippen LogP contribution in [0.1, 0.15) is 12.8 Å². The van der Waals surface area contributed by atoms with E-state index in [0.29, 0.717) is 12.3 Å². The normalized spacial score (nSPS) is 16.8. The second-order valence-electron chi connectivity index (χ2n) is 6.19. The van der Waals surface area contributed by atoms with Crippen molar-refractivity contribution in [1.82, 2.24) is 20.3 Å². The number of hydrogen-bond acceptors (Lipinski definition) is 5. The number of fused-ring (bicyclic) bond motifs is 1. The minimum Gasteiger partial charge on any atom is -0.376 e. The molecule has 26 heavy (non-hydrogen) atoms. The van der Waals surface area contributed by atoms with Gasteiger partial charge in [-0.2, -0.15) is 0 Å². The van der Waals surface area contributed by atoms with E-state index >= 15 is 0 Å². The van der Waals surface area contributed by atoms with E-state index < -0.39 is 0 Å². The number of benzene rings is 1. The van der Waals surface area contributed by atoms with Crippen LogP contribution >= 0.6 is 11.8 Å². The molecule has 4 rings (SSSR count). The summed E-state index contributed by atoms with van der Waals surface area (Å²) in [4.78, 5) is 24.5. The SMILES string of the molecule is O=C(CSc1ncccc1-c1nc2ccccc2[nH]1)NC[C@H]1CCCO1. The van der Waals surface area contributed by atoms with Gasteiger partial charge < -0.3 is 15.0 Å². The van der Waals surface area contributed by atoms with Crippen LogP contribution in [0.2, 0.25) is 0 Å². The van der Waals surface area contributed by atoms with Crippen molar-refractivity contribution in [2.24, 2.45) is 0 Å². The van der Waals surface area contributed by atoms with Crippen LogP contribution in [0.5, 0.6) is 0 Å². The molecule has 0 saturated carbocycles. The van der Waals surface area contributed by atoms with E-state index in [4.69, 9.17) is 4.74 Å². The second-order valence-corrected chi connectivity index (χ2v) is 7.15. The van der Waals surface area contributed by atoms with Gasteiger partial charge in [-0.1, -0.05) is 23.9 Å². The summed E-state index contributed by atoms with van der Waals surface area (Å²) >= 11 is 1.42. The number of nitrogens with zero attached hydrogens (tertiary/aromatic N) is 2. The van der Waals surface area contributed by atoms with Gasteiger partial charge in [-0.05, 0) is 37.1 Å². The average Bonchev–Trinajstić information content (AvgIpc) is 3.34. The molecule has 1 aliphatic rings. The fraction of sp³-hybridized carbons (Fsp3) is 0.316. The molecule has 1 aromatic carbocycles. The van der Waals surface area contributed by atoms with E-state index in [1.54, 1.807) is 6.20 Å². The average molecular weight is 368 g/mol. The van der Waals surface area contributed by atoms with Crippen molar-refractivity contribution in [3.8, 4) is 11.4 Å². The Kier molecular flexibility index (Phi) is 5.17. The topological polar surface area (TPSA) is 79.9 Å². The van der Waals surface area contributed by atoms with Gasteiger partial charge in [0.05, 0.1) is 22.9 Å². The summed E-state index contributed by atoms with van der Waals surface area (Å²) in [7, 11) is 0. The summed E-state index contributed by atoms with van der Waals surface area (Å²) in [6.07, 6.45) is 3.98. The smallest absolute Gasteiger partial charge is 0.230 e. The third-order valence-corrected chi connectivity index (χ3v) is 5.31. The first-order chi connectivity index (χ1) is 12.8. The highest BCUT2D eigenvalue weighted by atomic mass is 32.2. The Morgan fingerprint density at radius 2 is 2.23 bits per heavy atom. The lowest BCUT2D eigenvalue weighted by molar-refractivity contribution is -0.119. The van der Waals surface area contributed by atoms with Crippen LogP contribution in [-0.2, 0) is 9.53 Å². The number of imidazole rings is 1. The molecular weight excluding hydrogens is 348 g/mol. The highest BCUT2D eigenvalue weighted by Gasteiger charge is 2.17. The number of amides is 1. The molecule has 0 aliphatic carbocycles. The summed E-state index contributed by atoms with van der Waals surface area (Å²) in [6, 6.07) is 11.7. The highest BCUT2D eigenvalue weighted by molar-refractivity contribution is 8.00. The zero-order chi connectivity index (χ0) is 17.8. The van der Waals surface area contributed by atoms with Crippen molar-refractivity contribution >= 4 is 28.7 Å². The highest BCUT2D eigenvalue weighted by Crippen LogP contribution is 2.29. The second kappa shape index (κ2) is 7.88. The number of pyridine rings is 1. The molecule has 0 spiro atoms. The van der Waals surface area contributed by atoms with Crippen molar-refractivity contribution in [2.45, 2.75) is 24.0 Å². The number of thioether (sulfide) groups is 1. The van der Waals surface area contributed by atoms with Crippen LogP contribution in [-0.4, -0.2) is 45.9 Å². The van der Waals surface area contributed by atoms with Crippen molar-refractivity contribution in [1.29, 1.82) is 0 Å². The third-order valence-electron chi connectivity index (χ3n) is 4.31. The molecule has 3 heterocycles. The predicted octanol–water partition coefficient (Wildman–Crippen LogP) is 3.01. The maximum atomic E-state index is 12.1. The number of aromatic nitrogens is 3. The third kappa shape index (κ3) is 3.89. The number of carbonyl (C=O) groups is 1. The lowest BCUT2D eigenvalue weighted by Crippen LogP contribution is -2.32. The van der Waals surface area contributed by atoms with Crippen LogP contribution in [0.25, 0.3) is 22.4 Å². The minimum absolute atomic E-state index is 0.00768. The lowest BCUT2D eigenvalue weighted by Gasteiger charge is -2.11. The zero-order valence-electron chi connectivity index (χ0n) is 14.3. The molecule has 1 amide bonds. The van der Waals surface area contributed by atoms with E-state index in [9.17, 15) is 4.79 Å². The lowest BCUT2D eigenvalue weighted by atomic mass is 10.2. The van der Waals surface area contributed by atoms with Gasteiger partial charge in [-0.25, -0.2) is 9.97 Å². The summed E-state index contributed by atoms with van der Waals surface area (Å²) in [5.74, 6) is 1.07. The number of carbonyl (C=O) groups excluding carboxylic acids is 1. The number of rotatable bonds is 6. The molecule has 1 atom stereocenters. The number of nitrogens with one attached hydrogen (secondary N) is 2. The Morgan fingerprint density at radius 1 is 1.31 bits per heavy atom. The van der Waals surface area contributed by atoms with Crippen molar-refractivity contribution in [3.05, 3.63) is 42.6 Å². The van der Waals surface area contributed by atoms with E-state index in [0.717, 1.165) is 46.9 Å². The first-order valence-electron chi connectivity index (χ1n) is 8.71. The van der Waals surface area contributed by atoms with Crippen molar-refractivity contribution in [3.63, 3.8) is 0 Å². The van der Waals surface area contributed by atoms with Crippen LogP contribution in [0, 0.1) is 0 Å². The Hall–Kier alpha value is -2.38. The predicted molar refractivity (Wildman–Crippen MR) is 102 cm³/mol. The molecule has 7 heteroatoms. The molecule has 0 unspecified atom stereocenters. The van der Waals surface area contributed by atoms with Crippen LogP contribution in [0.4, 0.5) is 0 Å². The summed E-state index contributed by atoms with van der Waals surface area (Å²) < 4.78 is 5.53. The first kappa shape index (κ1) is 17.1. The van der Waals surface area contributed by atoms with E-state index in [1.165, 1.54) is 11.8 Å². The van der Waals surface area contributed by atoms with Gasteiger partial charge in [-0.3, -0.25) is 4.79 Å². The standard InChI is InChI=1S/C19H20N4O2S/c24-17(21-11-13-5-4-10-25-13)12-26-19-14(6-3-9-20-19)18-22-15-7-1-2-8-16(15)23-18/h1-3,6-9,13H,4-5,10-12H2,(H,21,24)(H,22,23)/t13-/m1/s1. The van der Waals surface area contributed by atoms with Crippen molar-refractivity contribution < 1.29 is 9.53 Å². The fourth-order valence-corrected chi connectivity index (χ4v) is 3.81. The van der Waals surface area contributed by atoms with Gasteiger partial charge in [0.1, 0.15) is 10.9 Å². The largest absolute Gasteiger partial charge is 0.376 e. The van der Waals surface area contributed by atoms with E-state index in [1.807, 2.05) is 36.4 Å². The number of hydrogen-bond donors (Lipinski definition) is 2. The molecular formula is C19H20N4O2S. The summed E-state index contributed by atoms with van der Waals surface area (Å²) in [5, 5.41) is 3.73. The van der Waals surface area contributed by atoms with E-state index in [2.05, 4.69) is 20.3 Å². The number of ether oxygens (including phenoxy) is 1. The van der Waals surface area contributed by atoms with Gasteiger partial charge in [0.15, 0.2) is 0 Å². The fourth-order valence-electron chi connectivity index (χ4n) is 2.98. The van der Waals surface area contributed by atoms with E-state index in [-0.39, 0.29) is 12.0 Å². The molecule has 1 saturated heterocycles. The monoisotopic (exact) mass is 368 g/mol. The van der Waals surface area contributed by atoms with Gasteiger partial charge in [0.25, 0.3) is 0 Å². The quantitative estimate of drug-likeness (QED) is 0.654. The molecule has 2 aromatic heterocycles.